The van der Waals surface area contributed by atoms with Gasteiger partial charge >= 0.3 is 0 Å². The highest BCUT2D eigenvalue weighted by molar-refractivity contribution is 9.10. The molecule has 7 heteroatoms. The van der Waals surface area contributed by atoms with Gasteiger partial charge in [-0.25, -0.2) is 10.1 Å². The summed E-state index contributed by atoms with van der Waals surface area (Å²) in [6.07, 6.45) is 0. The second-order valence-electron chi connectivity index (χ2n) is 6.82. The van der Waals surface area contributed by atoms with Crippen molar-refractivity contribution in [2.75, 3.05) is 0 Å². The monoisotopic (exact) mass is 474 g/mol. The van der Waals surface area contributed by atoms with Crippen LogP contribution in [0, 0.1) is 0 Å². The number of para-hydroxylation sites is 1. The van der Waals surface area contributed by atoms with Crippen LogP contribution in [0.3, 0.4) is 0 Å². The van der Waals surface area contributed by atoms with Crippen molar-refractivity contribution >= 4 is 27.5 Å². The van der Waals surface area contributed by atoms with Crippen LogP contribution in [-0.4, -0.2) is 21.4 Å². The van der Waals surface area contributed by atoms with Crippen molar-refractivity contribution < 1.29 is 4.79 Å². The van der Waals surface area contributed by atoms with Gasteiger partial charge in [0.05, 0.1) is 28.2 Å². The Balaban J connectivity index is 1.77. The van der Waals surface area contributed by atoms with E-state index in [1.54, 1.807) is 25.1 Å². The molecule has 0 aliphatic heterocycles. The van der Waals surface area contributed by atoms with Crippen LogP contribution >= 0.6 is 15.9 Å². The molecule has 0 aliphatic carbocycles. The van der Waals surface area contributed by atoms with Crippen LogP contribution in [0.1, 0.15) is 22.8 Å². The minimum atomic E-state index is -0.369. The van der Waals surface area contributed by atoms with Crippen LogP contribution in [0.5, 0.6) is 0 Å². The number of nitrogens with one attached hydrogen (secondary N) is 2. The zero-order chi connectivity index (χ0) is 21.8. The Morgan fingerprint density at radius 1 is 0.935 bits per heavy atom. The topological polar surface area (TPSA) is 79.2 Å². The van der Waals surface area contributed by atoms with E-state index in [0.29, 0.717) is 32.7 Å². The molecule has 154 valence electrons. The maximum Gasteiger partial charge on any atom is 0.281 e. The standard InChI is InChI=1S/C24H19BrN4O2/c1-16(26-27-23(30)19-14-8-9-15-20(19)25)21-22(17-10-4-2-5-11-17)28-29(24(21)31)18-12-6-3-7-13-18/h2-15,28H,1H3,(H,27,30)/b26-16+. The van der Waals surface area contributed by atoms with E-state index in [1.165, 1.54) is 4.68 Å². The predicted octanol–water partition coefficient (Wildman–Crippen LogP) is 4.75. The predicted molar refractivity (Wildman–Crippen MR) is 126 cm³/mol. The Bertz CT molecular complexity index is 1310. The molecule has 0 bridgehead atoms. The van der Waals surface area contributed by atoms with Gasteiger partial charge in [-0.3, -0.25) is 14.7 Å². The molecule has 4 aromatic rings. The van der Waals surface area contributed by atoms with Gasteiger partial charge in [-0.2, -0.15) is 5.10 Å². The third kappa shape index (κ3) is 4.27. The summed E-state index contributed by atoms with van der Waals surface area (Å²) in [4.78, 5) is 25.8. The van der Waals surface area contributed by atoms with Gasteiger partial charge in [-0.15, -0.1) is 0 Å². The molecule has 1 amide bonds. The Morgan fingerprint density at radius 3 is 2.23 bits per heavy atom. The first-order valence-electron chi connectivity index (χ1n) is 9.61. The Hall–Kier alpha value is -3.71. The summed E-state index contributed by atoms with van der Waals surface area (Å²) >= 11 is 3.36. The summed E-state index contributed by atoms with van der Waals surface area (Å²) in [5, 5.41) is 7.42. The Kier molecular flexibility index (Phi) is 5.95. The number of hydrazone groups is 1. The van der Waals surface area contributed by atoms with Gasteiger partial charge in [0, 0.05) is 10.0 Å². The molecule has 1 heterocycles. The fourth-order valence-electron chi connectivity index (χ4n) is 3.24. The van der Waals surface area contributed by atoms with Crippen LogP contribution in [0.15, 0.2) is 99.3 Å². The highest BCUT2D eigenvalue weighted by atomic mass is 79.9. The molecular formula is C24H19BrN4O2. The lowest BCUT2D eigenvalue weighted by Gasteiger charge is -2.05. The van der Waals surface area contributed by atoms with Crippen LogP contribution in [-0.2, 0) is 0 Å². The van der Waals surface area contributed by atoms with E-state index in [2.05, 4.69) is 31.6 Å². The lowest BCUT2D eigenvalue weighted by molar-refractivity contribution is 0.0954. The van der Waals surface area contributed by atoms with Crippen molar-refractivity contribution in [3.63, 3.8) is 0 Å². The SMILES string of the molecule is C/C(=N\NC(=O)c1ccccc1Br)c1c(-c2ccccc2)[nH]n(-c2ccccc2)c1=O. The average molecular weight is 475 g/mol. The lowest BCUT2D eigenvalue weighted by Crippen LogP contribution is -2.23. The van der Waals surface area contributed by atoms with Crippen molar-refractivity contribution in [2.45, 2.75) is 6.92 Å². The maximum atomic E-state index is 13.3. The minimum absolute atomic E-state index is 0.249. The summed E-state index contributed by atoms with van der Waals surface area (Å²) in [5.74, 6) is -0.369. The van der Waals surface area contributed by atoms with Gasteiger partial charge in [-0.1, -0.05) is 60.7 Å². The molecule has 1 aromatic heterocycles. The molecule has 0 unspecified atom stereocenters. The van der Waals surface area contributed by atoms with E-state index in [-0.39, 0.29) is 11.5 Å². The van der Waals surface area contributed by atoms with Crippen molar-refractivity contribution in [1.29, 1.82) is 0 Å². The number of nitrogens with zero attached hydrogens (tertiary/aromatic N) is 2. The maximum absolute atomic E-state index is 13.3. The van der Waals surface area contributed by atoms with Gasteiger partial charge < -0.3 is 0 Å². The number of halogens is 1. The molecule has 0 fully saturated rings. The number of rotatable bonds is 5. The van der Waals surface area contributed by atoms with E-state index in [4.69, 9.17) is 0 Å². The number of hydrogen-bond donors (Lipinski definition) is 2. The van der Waals surface area contributed by atoms with Crippen LogP contribution < -0.4 is 11.0 Å². The summed E-state index contributed by atoms with van der Waals surface area (Å²) in [5.41, 5.74) is 5.73. The summed E-state index contributed by atoms with van der Waals surface area (Å²) in [6, 6.07) is 25.9. The number of carbonyl (C=O) groups is 1. The number of hydrogen-bond acceptors (Lipinski definition) is 3. The highest BCUT2D eigenvalue weighted by Crippen LogP contribution is 2.21. The molecule has 0 saturated heterocycles. The fraction of sp³-hybridized carbons (Fsp3) is 0.0417. The highest BCUT2D eigenvalue weighted by Gasteiger charge is 2.19. The number of aromatic amines is 1. The minimum Gasteiger partial charge on any atom is -0.290 e. The third-order valence-corrected chi connectivity index (χ3v) is 5.46. The lowest BCUT2D eigenvalue weighted by atomic mass is 10.1. The zero-order valence-electron chi connectivity index (χ0n) is 16.7. The normalized spacial score (nSPS) is 11.4. The molecule has 0 radical (unpaired) electrons. The first-order chi connectivity index (χ1) is 15.1. The number of aromatic nitrogens is 2. The molecule has 2 N–H and O–H groups in total. The van der Waals surface area contributed by atoms with Gasteiger partial charge in [0.1, 0.15) is 0 Å². The summed E-state index contributed by atoms with van der Waals surface area (Å²) in [7, 11) is 0. The van der Waals surface area contributed by atoms with Gasteiger partial charge in [0.25, 0.3) is 11.5 Å². The smallest absolute Gasteiger partial charge is 0.281 e. The second-order valence-corrected chi connectivity index (χ2v) is 7.68. The molecule has 0 spiro atoms. The largest absolute Gasteiger partial charge is 0.290 e. The summed E-state index contributed by atoms with van der Waals surface area (Å²) in [6.45, 7) is 1.70. The zero-order valence-corrected chi connectivity index (χ0v) is 18.3. The van der Waals surface area contributed by atoms with Crippen molar-refractivity contribution in [3.8, 4) is 16.9 Å². The van der Waals surface area contributed by atoms with Crippen LogP contribution in [0.2, 0.25) is 0 Å². The van der Waals surface area contributed by atoms with Crippen molar-refractivity contribution in [2.24, 2.45) is 5.10 Å². The van der Waals surface area contributed by atoms with Gasteiger partial charge in [0.15, 0.2) is 0 Å². The number of carbonyl (C=O) groups excluding carboxylic acids is 1. The summed E-state index contributed by atoms with van der Waals surface area (Å²) < 4.78 is 2.14. The van der Waals surface area contributed by atoms with E-state index in [1.807, 2.05) is 66.7 Å². The van der Waals surface area contributed by atoms with E-state index in [0.717, 1.165) is 5.56 Å². The molecule has 4 rings (SSSR count). The Morgan fingerprint density at radius 2 is 1.55 bits per heavy atom. The molecule has 31 heavy (non-hydrogen) atoms. The van der Waals surface area contributed by atoms with Gasteiger partial charge in [0.2, 0.25) is 0 Å². The molecular weight excluding hydrogens is 456 g/mol. The molecule has 6 nitrogen and oxygen atoms in total. The number of H-pyrrole nitrogens is 1. The van der Waals surface area contributed by atoms with Crippen molar-refractivity contribution in [1.82, 2.24) is 15.2 Å². The first kappa shape index (κ1) is 20.6. The molecule has 0 atom stereocenters. The molecule has 0 saturated carbocycles. The molecule has 0 aliphatic rings. The van der Waals surface area contributed by atoms with Crippen LogP contribution in [0.25, 0.3) is 16.9 Å². The fourth-order valence-corrected chi connectivity index (χ4v) is 3.71. The second kappa shape index (κ2) is 8.97. The van der Waals surface area contributed by atoms with E-state index < -0.39 is 0 Å². The van der Waals surface area contributed by atoms with E-state index >= 15 is 0 Å². The quantitative estimate of drug-likeness (QED) is 0.323. The number of benzene rings is 3. The average Bonchev–Trinajstić information content (AvgIpc) is 3.16. The first-order valence-corrected chi connectivity index (χ1v) is 10.4. The van der Waals surface area contributed by atoms with Gasteiger partial charge in [-0.05, 0) is 47.1 Å². The number of amides is 1. The Labute approximate surface area is 187 Å². The van der Waals surface area contributed by atoms with E-state index in [9.17, 15) is 9.59 Å². The molecule has 3 aromatic carbocycles. The van der Waals surface area contributed by atoms with Crippen LogP contribution in [0.4, 0.5) is 0 Å². The van der Waals surface area contributed by atoms with Crippen molar-refractivity contribution in [3.05, 3.63) is 111 Å². The third-order valence-electron chi connectivity index (χ3n) is 4.77.